The quantitative estimate of drug-likeness (QED) is 0.755. The Labute approximate surface area is 76.9 Å². The molecule has 0 aliphatic heterocycles. The van der Waals surface area contributed by atoms with Crippen molar-refractivity contribution < 1.29 is 4.79 Å². The number of hydrogen-bond donors (Lipinski definition) is 1. The topological polar surface area (TPSA) is 45.8 Å². The van der Waals surface area contributed by atoms with Crippen molar-refractivity contribution in [1.29, 1.82) is 0 Å². The van der Waals surface area contributed by atoms with Crippen molar-refractivity contribution in [3.8, 4) is 0 Å². The first-order valence-corrected chi connectivity index (χ1v) is 4.18. The first-order chi connectivity index (χ1) is 5.79. The Balaban J connectivity index is 2.75. The Kier molecular flexibility index (Phi) is 1.69. The SMILES string of the molecule is O=Cc1cc2ncc(Br)cc2[nH]1. The molecule has 1 N–H and O–H groups in total. The molecule has 0 spiro atoms. The molecule has 3 nitrogen and oxygen atoms in total. The van der Waals surface area contributed by atoms with Crippen LogP contribution in [0.25, 0.3) is 11.0 Å². The van der Waals surface area contributed by atoms with Gasteiger partial charge in [-0.15, -0.1) is 0 Å². The van der Waals surface area contributed by atoms with Gasteiger partial charge in [-0.2, -0.15) is 0 Å². The van der Waals surface area contributed by atoms with E-state index in [0.29, 0.717) is 5.69 Å². The van der Waals surface area contributed by atoms with Gasteiger partial charge in [-0.25, -0.2) is 0 Å². The van der Waals surface area contributed by atoms with E-state index in [4.69, 9.17) is 0 Å². The maximum Gasteiger partial charge on any atom is 0.166 e. The zero-order valence-electron chi connectivity index (χ0n) is 6.04. The summed E-state index contributed by atoms with van der Waals surface area (Å²) in [7, 11) is 0. The lowest BCUT2D eigenvalue weighted by Crippen LogP contribution is -1.75. The number of carbonyl (C=O) groups excluding carboxylic acids is 1. The minimum atomic E-state index is 0.551. The number of hydrogen-bond acceptors (Lipinski definition) is 2. The molecule has 0 bridgehead atoms. The molecule has 0 saturated heterocycles. The normalized spacial score (nSPS) is 10.4. The Bertz CT molecular complexity index is 436. The summed E-state index contributed by atoms with van der Waals surface area (Å²) in [4.78, 5) is 17.4. The van der Waals surface area contributed by atoms with Crippen LogP contribution in [0.5, 0.6) is 0 Å². The van der Waals surface area contributed by atoms with Crippen LogP contribution < -0.4 is 0 Å². The predicted octanol–water partition coefficient (Wildman–Crippen LogP) is 2.14. The van der Waals surface area contributed by atoms with Gasteiger partial charge in [0.2, 0.25) is 0 Å². The third-order valence-corrected chi connectivity index (χ3v) is 2.02. The number of rotatable bonds is 1. The molecule has 0 aliphatic carbocycles. The van der Waals surface area contributed by atoms with Crippen molar-refractivity contribution in [2.45, 2.75) is 0 Å². The van der Waals surface area contributed by atoms with Crippen molar-refractivity contribution in [2.75, 3.05) is 0 Å². The second-order valence-corrected chi connectivity index (χ2v) is 3.34. The maximum atomic E-state index is 10.4. The summed E-state index contributed by atoms with van der Waals surface area (Å²) in [5, 5.41) is 0. The molecule has 0 saturated carbocycles. The van der Waals surface area contributed by atoms with E-state index in [1.807, 2.05) is 6.07 Å². The molecule has 0 radical (unpaired) electrons. The molecule has 2 aromatic heterocycles. The highest BCUT2D eigenvalue weighted by Crippen LogP contribution is 2.16. The fraction of sp³-hybridized carbons (Fsp3) is 0. The summed E-state index contributed by atoms with van der Waals surface area (Å²) in [6.07, 6.45) is 2.47. The van der Waals surface area contributed by atoms with Gasteiger partial charge in [-0.05, 0) is 28.1 Å². The van der Waals surface area contributed by atoms with Gasteiger partial charge in [0, 0.05) is 10.7 Å². The highest BCUT2D eigenvalue weighted by Gasteiger charge is 2.00. The maximum absolute atomic E-state index is 10.4. The number of aldehydes is 1. The number of halogens is 1. The van der Waals surface area contributed by atoms with E-state index in [1.54, 1.807) is 12.3 Å². The van der Waals surface area contributed by atoms with Gasteiger partial charge in [-0.1, -0.05) is 0 Å². The first kappa shape index (κ1) is 7.49. The molecule has 2 heterocycles. The number of carbonyl (C=O) groups is 1. The molecule has 0 aliphatic rings. The van der Waals surface area contributed by atoms with Gasteiger partial charge < -0.3 is 4.98 Å². The summed E-state index contributed by atoms with van der Waals surface area (Å²) in [6.45, 7) is 0. The Morgan fingerprint density at radius 3 is 3.08 bits per heavy atom. The molecule has 2 rings (SSSR count). The van der Waals surface area contributed by atoms with E-state index >= 15 is 0 Å². The molecule has 0 atom stereocenters. The number of pyridine rings is 1. The highest BCUT2D eigenvalue weighted by molar-refractivity contribution is 9.10. The molecule has 4 heteroatoms. The molecule has 0 fully saturated rings. The summed E-state index contributed by atoms with van der Waals surface area (Å²) >= 11 is 3.29. The molecule has 0 amide bonds. The minimum absolute atomic E-state index is 0.551. The number of fused-ring (bicyclic) bond motifs is 1. The Morgan fingerprint density at radius 1 is 1.50 bits per heavy atom. The number of aromatic amines is 1. The third kappa shape index (κ3) is 1.14. The second-order valence-electron chi connectivity index (χ2n) is 2.43. The number of nitrogens with zero attached hydrogens (tertiary/aromatic N) is 1. The lowest BCUT2D eigenvalue weighted by atomic mass is 10.4. The van der Waals surface area contributed by atoms with Crippen LogP contribution in [0.1, 0.15) is 10.5 Å². The van der Waals surface area contributed by atoms with E-state index in [2.05, 4.69) is 25.9 Å². The highest BCUT2D eigenvalue weighted by atomic mass is 79.9. The van der Waals surface area contributed by atoms with Gasteiger partial charge in [0.1, 0.15) is 0 Å². The van der Waals surface area contributed by atoms with Gasteiger partial charge in [0.15, 0.2) is 6.29 Å². The fourth-order valence-corrected chi connectivity index (χ4v) is 1.40. The van der Waals surface area contributed by atoms with Crippen LogP contribution in [-0.2, 0) is 0 Å². The number of nitrogens with one attached hydrogen (secondary N) is 1. The van der Waals surface area contributed by atoms with Crippen LogP contribution in [0, 0.1) is 0 Å². The van der Waals surface area contributed by atoms with Crippen LogP contribution >= 0.6 is 15.9 Å². The van der Waals surface area contributed by atoms with Gasteiger partial charge in [-0.3, -0.25) is 9.78 Å². The van der Waals surface area contributed by atoms with Crippen LogP contribution in [0.15, 0.2) is 22.8 Å². The Hall–Kier alpha value is -1.16. The summed E-state index contributed by atoms with van der Waals surface area (Å²) in [5.74, 6) is 0. The van der Waals surface area contributed by atoms with E-state index in [1.165, 1.54) is 0 Å². The van der Waals surface area contributed by atoms with Gasteiger partial charge in [0.05, 0.1) is 16.7 Å². The lowest BCUT2D eigenvalue weighted by Gasteiger charge is -1.88. The van der Waals surface area contributed by atoms with Gasteiger partial charge >= 0.3 is 0 Å². The average Bonchev–Trinajstić information content (AvgIpc) is 2.46. The lowest BCUT2D eigenvalue weighted by molar-refractivity contribution is 0.112. The molecule has 12 heavy (non-hydrogen) atoms. The third-order valence-electron chi connectivity index (χ3n) is 1.58. The molecule has 60 valence electrons. The smallest absolute Gasteiger partial charge is 0.166 e. The predicted molar refractivity (Wildman–Crippen MR) is 49.2 cm³/mol. The van der Waals surface area contributed by atoms with E-state index < -0.39 is 0 Å². The standard InChI is InChI=1S/C8H5BrN2O/c9-5-1-8-7(10-3-5)2-6(4-12)11-8/h1-4,11H. The van der Waals surface area contributed by atoms with Gasteiger partial charge in [0.25, 0.3) is 0 Å². The summed E-state index contributed by atoms with van der Waals surface area (Å²) in [5.41, 5.74) is 2.22. The van der Waals surface area contributed by atoms with E-state index in [0.717, 1.165) is 21.8 Å². The molecule has 0 aromatic carbocycles. The second kappa shape index (κ2) is 2.71. The Morgan fingerprint density at radius 2 is 2.33 bits per heavy atom. The molecule has 0 unspecified atom stereocenters. The molecular formula is C8H5BrN2O. The van der Waals surface area contributed by atoms with Crippen LogP contribution in [0.4, 0.5) is 0 Å². The van der Waals surface area contributed by atoms with Crippen molar-refractivity contribution in [2.24, 2.45) is 0 Å². The van der Waals surface area contributed by atoms with E-state index in [-0.39, 0.29) is 0 Å². The molecule has 2 aromatic rings. The zero-order valence-corrected chi connectivity index (χ0v) is 7.63. The first-order valence-electron chi connectivity index (χ1n) is 3.39. The van der Waals surface area contributed by atoms with Crippen molar-refractivity contribution in [1.82, 2.24) is 9.97 Å². The van der Waals surface area contributed by atoms with Crippen molar-refractivity contribution in [3.05, 3.63) is 28.5 Å². The van der Waals surface area contributed by atoms with Crippen molar-refractivity contribution >= 4 is 33.2 Å². The minimum Gasteiger partial charge on any atom is -0.351 e. The van der Waals surface area contributed by atoms with Crippen LogP contribution in [0.3, 0.4) is 0 Å². The fourth-order valence-electron chi connectivity index (χ4n) is 1.07. The summed E-state index contributed by atoms with van der Waals surface area (Å²) in [6, 6.07) is 3.60. The van der Waals surface area contributed by atoms with Crippen LogP contribution in [-0.4, -0.2) is 16.3 Å². The van der Waals surface area contributed by atoms with Crippen molar-refractivity contribution in [3.63, 3.8) is 0 Å². The summed E-state index contributed by atoms with van der Waals surface area (Å²) < 4.78 is 0.897. The monoisotopic (exact) mass is 224 g/mol. The molecular weight excluding hydrogens is 220 g/mol. The van der Waals surface area contributed by atoms with Crippen LogP contribution in [0.2, 0.25) is 0 Å². The largest absolute Gasteiger partial charge is 0.351 e. The number of aromatic nitrogens is 2. The number of H-pyrrole nitrogens is 1. The zero-order chi connectivity index (χ0) is 8.55. The average molecular weight is 225 g/mol. The van der Waals surface area contributed by atoms with E-state index in [9.17, 15) is 4.79 Å².